The number of nitrogens with zero attached hydrogens (tertiary/aromatic N) is 1. The van der Waals surface area contributed by atoms with Crippen LogP contribution in [0.4, 0.5) is 4.39 Å². The highest BCUT2D eigenvalue weighted by molar-refractivity contribution is 6.30. The van der Waals surface area contributed by atoms with Crippen LogP contribution in [0.5, 0.6) is 0 Å². The normalized spacial score (nSPS) is 12.4. The molecule has 0 aliphatic rings. The van der Waals surface area contributed by atoms with E-state index in [0.717, 1.165) is 12.1 Å². The zero-order chi connectivity index (χ0) is 13.7. The van der Waals surface area contributed by atoms with Crippen LogP contribution < -0.4 is 5.32 Å². The van der Waals surface area contributed by atoms with Gasteiger partial charge in [-0.25, -0.2) is 4.39 Å². The zero-order valence-electron chi connectivity index (χ0n) is 10.7. The molecule has 1 aromatic carbocycles. The average Bonchev–Trinajstić information content (AvgIpc) is 2.42. The summed E-state index contributed by atoms with van der Waals surface area (Å²) in [5, 5.41) is 3.67. The Kier molecular flexibility index (Phi) is 4.88. The average molecular weight is 279 g/mol. The van der Waals surface area contributed by atoms with Crippen LogP contribution in [-0.2, 0) is 6.42 Å². The minimum Gasteiger partial charge on any atom is -0.310 e. The number of halogens is 2. The Balaban J connectivity index is 2.21. The van der Waals surface area contributed by atoms with Gasteiger partial charge in [0, 0.05) is 18.7 Å². The van der Waals surface area contributed by atoms with Crippen molar-refractivity contribution in [2.45, 2.75) is 19.4 Å². The van der Waals surface area contributed by atoms with E-state index in [1.165, 1.54) is 12.3 Å². The summed E-state index contributed by atoms with van der Waals surface area (Å²) >= 11 is 5.71. The fraction of sp³-hybridized carbons (Fsp3) is 0.267. The molecule has 0 spiro atoms. The molecule has 0 aliphatic carbocycles. The van der Waals surface area contributed by atoms with E-state index >= 15 is 0 Å². The van der Waals surface area contributed by atoms with Gasteiger partial charge in [-0.1, -0.05) is 48.9 Å². The molecule has 1 N–H and O–H groups in total. The lowest BCUT2D eigenvalue weighted by Crippen LogP contribution is -2.23. The molecule has 0 saturated heterocycles. The van der Waals surface area contributed by atoms with Crippen LogP contribution in [-0.4, -0.2) is 11.5 Å². The number of hydrogen-bond donors (Lipinski definition) is 1. The predicted octanol–water partition coefficient (Wildman–Crippen LogP) is 3.77. The van der Waals surface area contributed by atoms with E-state index in [0.29, 0.717) is 17.1 Å². The molecule has 100 valence electrons. The van der Waals surface area contributed by atoms with Crippen molar-refractivity contribution < 1.29 is 4.39 Å². The van der Waals surface area contributed by atoms with E-state index in [-0.39, 0.29) is 11.9 Å². The summed E-state index contributed by atoms with van der Waals surface area (Å²) in [7, 11) is 0. The highest BCUT2D eigenvalue weighted by atomic mass is 35.5. The molecule has 1 heterocycles. The van der Waals surface area contributed by atoms with Gasteiger partial charge in [0.05, 0.1) is 10.7 Å². The molecule has 0 amide bonds. The van der Waals surface area contributed by atoms with Gasteiger partial charge in [-0.05, 0) is 18.2 Å². The third-order valence-corrected chi connectivity index (χ3v) is 3.14. The second-order valence-corrected chi connectivity index (χ2v) is 4.74. The van der Waals surface area contributed by atoms with Crippen molar-refractivity contribution in [3.63, 3.8) is 0 Å². The molecule has 2 nitrogen and oxygen atoms in total. The minimum atomic E-state index is -0.355. The van der Waals surface area contributed by atoms with Crippen LogP contribution in [0.1, 0.15) is 24.2 Å². The molecule has 0 fully saturated rings. The summed E-state index contributed by atoms with van der Waals surface area (Å²) in [6.45, 7) is 2.84. The fourth-order valence-corrected chi connectivity index (χ4v) is 2.17. The lowest BCUT2D eigenvalue weighted by molar-refractivity contribution is 0.518. The SMILES string of the molecule is CCNC(Cc1ncc(Cl)cc1F)c1ccccc1. The van der Waals surface area contributed by atoms with Gasteiger partial charge >= 0.3 is 0 Å². The molecule has 0 radical (unpaired) electrons. The Morgan fingerprint density at radius 2 is 2.05 bits per heavy atom. The van der Waals surface area contributed by atoms with E-state index in [2.05, 4.69) is 10.3 Å². The van der Waals surface area contributed by atoms with Crippen molar-refractivity contribution in [1.29, 1.82) is 0 Å². The maximum absolute atomic E-state index is 13.8. The van der Waals surface area contributed by atoms with E-state index in [9.17, 15) is 4.39 Å². The topological polar surface area (TPSA) is 24.9 Å². The summed E-state index contributed by atoms with van der Waals surface area (Å²) in [5.41, 5.74) is 1.56. The molecular formula is C15H16ClFN2. The molecule has 1 atom stereocenters. The highest BCUT2D eigenvalue weighted by Crippen LogP contribution is 2.20. The first-order valence-electron chi connectivity index (χ1n) is 6.29. The standard InChI is InChI=1S/C15H16ClFN2/c1-2-18-14(11-6-4-3-5-7-11)9-15-13(17)8-12(16)10-19-15/h3-8,10,14,18H,2,9H2,1H3. The second kappa shape index (κ2) is 6.64. The number of likely N-dealkylation sites (N-methyl/N-ethyl adjacent to an activating group) is 1. The second-order valence-electron chi connectivity index (χ2n) is 4.31. The molecule has 4 heteroatoms. The minimum absolute atomic E-state index is 0.0503. The van der Waals surface area contributed by atoms with E-state index < -0.39 is 0 Å². The largest absolute Gasteiger partial charge is 0.310 e. The molecular weight excluding hydrogens is 263 g/mol. The van der Waals surface area contributed by atoms with Crippen LogP contribution >= 0.6 is 11.6 Å². The molecule has 0 bridgehead atoms. The van der Waals surface area contributed by atoms with Crippen molar-refractivity contribution in [3.05, 3.63) is 64.7 Å². The molecule has 2 aromatic rings. The summed E-state index contributed by atoms with van der Waals surface area (Å²) in [6.07, 6.45) is 1.98. The summed E-state index contributed by atoms with van der Waals surface area (Å²) in [4.78, 5) is 4.08. The van der Waals surface area contributed by atoms with Crippen LogP contribution in [0.2, 0.25) is 5.02 Å². The Hall–Kier alpha value is -1.45. The van der Waals surface area contributed by atoms with Gasteiger partial charge in [0.25, 0.3) is 0 Å². The Morgan fingerprint density at radius 1 is 1.32 bits per heavy atom. The van der Waals surface area contributed by atoms with E-state index in [4.69, 9.17) is 11.6 Å². The lowest BCUT2D eigenvalue weighted by atomic mass is 10.0. The predicted molar refractivity (Wildman–Crippen MR) is 75.8 cm³/mol. The first-order chi connectivity index (χ1) is 9.20. The van der Waals surface area contributed by atoms with Gasteiger partial charge in [-0.15, -0.1) is 0 Å². The summed E-state index contributed by atoms with van der Waals surface area (Å²) < 4.78 is 13.8. The molecule has 0 saturated carbocycles. The zero-order valence-corrected chi connectivity index (χ0v) is 11.5. The number of benzene rings is 1. The number of hydrogen-bond acceptors (Lipinski definition) is 2. The van der Waals surface area contributed by atoms with E-state index in [1.807, 2.05) is 37.3 Å². The fourth-order valence-electron chi connectivity index (χ4n) is 2.03. The monoisotopic (exact) mass is 278 g/mol. The number of rotatable bonds is 5. The Bertz CT molecular complexity index is 531. The van der Waals surface area contributed by atoms with Crippen molar-refractivity contribution in [2.24, 2.45) is 0 Å². The van der Waals surface area contributed by atoms with Crippen molar-refractivity contribution >= 4 is 11.6 Å². The van der Waals surface area contributed by atoms with Crippen LogP contribution in [0.25, 0.3) is 0 Å². The maximum atomic E-state index is 13.8. The van der Waals surface area contributed by atoms with Crippen molar-refractivity contribution in [3.8, 4) is 0 Å². The molecule has 1 aromatic heterocycles. The van der Waals surface area contributed by atoms with Crippen molar-refractivity contribution in [1.82, 2.24) is 10.3 Å². The van der Waals surface area contributed by atoms with Gasteiger partial charge in [0.2, 0.25) is 0 Å². The van der Waals surface area contributed by atoms with Gasteiger partial charge in [-0.2, -0.15) is 0 Å². The first-order valence-corrected chi connectivity index (χ1v) is 6.66. The third-order valence-electron chi connectivity index (χ3n) is 2.93. The van der Waals surface area contributed by atoms with Gasteiger partial charge < -0.3 is 5.32 Å². The number of pyridine rings is 1. The molecule has 2 rings (SSSR count). The van der Waals surface area contributed by atoms with Crippen LogP contribution in [0.15, 0.2) is 42.6 Å². The maximum Gasteiger partial charge on any atom is 0.146 e. The van der Waals surface area contributed by atoms with Gasteiger partial charge in [0.15, 0.2) is 0 Å². The smallest absolute Gasteiger partial charge is 0.146 e. The van der Waals surface area contributed by atoms with Crippen LogP contribution in [0, 0.1) is 5.82 Å². The first kappa shape index (κ1) is 14.0. The summed E-state index contributed by atoms with van der Waals surface area (Å²) in [6, 6.07) is 11.3. The van der Waals surface area contributed by atoms with Gasteiger partial charge in [-0.3, -0.25) is 4.98 Å². The Labute approximate surface area is 117 Å². The van der Waals surface area contributed by atoms with Crippen molar-refractivity contribution in [2.75, 3.05) is 6.54 Å². The van der Waals surface area contributed by atoms with Crippen LogP contribution in [0.3, 0.4) is 0 Å². The third kappa shape index (κ3) is 3.75. The van der Waals surface area contributed by atoms with E-state index in [1.54, 1.807) is 0 Å². The van der Waals surface area contributed by atoms with Gasteiger partial charge in [0.1, 0.15) is 5.82 Å². The quantitative estimate of drug-likeness (QED) is 0.901. The highest BCUT2D eigenvalue weighted by Gasteiger charge is 2.14. The summed E-state index contributed by atoms with van der Waals surface area (Å²) in [5.74, 6) is -0.355. The molecule has 1 unspecified atom stereocenters. The number of nitrogens with one attached hydrogen (secondary N) is 1. The number of aromatic nitrogens is 1. The lowest BCUT2D eigenvalue weighted by Gasteiger charge is -2.18. The molecule has 0 aliphatic heterocycles. The Morgan fingerprint density at radius 3 is 2.68 bits per heavy atom. The molecule has 19 heavy (non-hydrogen) atoms.